The highest BCUT2D eigenvalue weighted by Crippen LogP contribution is 2.31. The third kappa shape index (κ3) is 1.67. The molecule has 0 saturated carbocycles. The zero-order valence-corrected chi connectivity index (χ0v) is 9.49. The predicted octanol–water partition coefficient (Wildman–Crippen LogP) is 2.25. The molecule has 0 radical (unpaired) electrons. The molecular formula is C9H21NSi. The summed E-state index contributed by atoms with van der Waals surface area (Å²) in [6, 6.07) is 0. The van der Waals surface area contributed by atoms with E-state index in [1.54, 1.807) is 0 Å². The van der Waals surface area contributed by atoms with E-state index in [1.165, 1.54) is 13.0 Å². The molecule has 66 valence electrons. The highest BCUT2D eigenvalue weighted by molar-refractivity contribution is 6.79. The standard InChI is InChI=1S/C9H21NSi/c1-8-6-9(2,10-7-8)11(3,4)5/h8,10H,6-7H2,1-5H3/t8?,9-/m0/s1. The molecule has 0 aromatic carbocycles. The highest BCUT2D eigenvalue weighted by Gasteiger charge is 2.43. The second kappa shape index (κ2) is 2.59. The third-order valence-corrected chi connectivity index (χ3v) is 6.94. The van der Waals surface area contributed by atoms with Gasteiger partial charge in [0, 0.05) is 5.16 Å². The van der Waals surface area contributed by atoms with Crippen LogP contribution >= 0.6 is 0 Å². The molecule has 1 aliphatic rings. The molecule has 0 spiro atoms. The van der Waals surface area contributed by atoms with Gasteiger partial charge in [-0.2, -0.15) is 0 Å². The van der Waals surface area contributed by atoms with Gasteiger partial charge in [0.05, 0.1) is 8.07 Å². The minimum absolute atomic E-state index is 0.492. The molecule has 0 bridgehead atoms. The smallest absolute Gasteiger partial charge is 0.0671 e. The van der Waals surface area contributed by atoms with Crippen LogP contribution in [0.5, 0.6) is 0 Å². The van der Waals surface area contributed by atoms with Crippen LogP contribution in [0.3, 0.4) is 0 Å². The van der Waals surface area contributed by atoms with Crippen LogP contribution in [0.2, 0.25) is 19.6 Å². The largest absolute Gasteiger partial charge is 0.314 e. The van der Waals surface area contributed by atoms with Gasteiger partial charge in [-0.15, -0.1) is 0 Å². The van der Waals surface area contributed by atoms with Gasteiger partial charge in [-0.3, -0.25) is 0 Å². The van der Waals surface area contributed by atoms with Crippen molar-refractivity contribution in [3.05, 3.63) is 0 Å². The molecule has 1 rings (SSSR count). The second-order valence-electron chi connectivity index (χ2n) is 5.27. The van der Waals surface area contributed by atoms with Gasteiger partial charge in [0.2, 0.25) is 0 Å². The lowest BCUT2D eigenvalue weighted by Crippen LogP contribution is -2.56. The lowest BCUT2D eigenvalue weighted by molar-refractivity contribution is 0.541. The minimum Gasteiger partial charge on any atom is -0.314 e. The van der Waals surface area contributed by atoms with Gasteiger partial charge in [-0.1, -0.05) is 26.6 Å². The molecule has 1 heterocycles. The van der Waals surface area contributed by atoms with E-state index in [0.29, 0.717) is 5.16 Å². The van der Waals surface area contributed by atoms with Crippen molar-refractivity contribution in [2.24, 2.45) is 5.92 Å². The third-order valence-electron chi connectivity index (χ3n) is 3.25. The Morgan fingerprint density at radius 2 is 1.91 bits per heavy atom. The van der Waals surface area contributed by atoms with Gasteiger partial charge in [0.25, 0.3) is 0 Å². The van der Waals surface area contributed by atoms with E-state index in [1.807, 2.05) is 0 Å². The first-order valence-corrected chi connectivity index (χ1v) is 8.10. The van der Waals surface area contributed by atoms with Crippen molar-refractivity contribution in [1.82, 2.24) is 5.32 Å². The molecule has 0 aliphatic carbocycles. The van der Waals surface area contributed by atoms with Crippen LogP contribution in [0.15, 0.2) is 0 Å². The van der Waals surface area contributed by atoms with Crippen molar-refractivity contribution in [3.8, 4) is 0 Å². The fraction of sp³-hybridized carbons (Fsp3) is 1.00. The lowest BCUT2D eigenvalue weighted by atomic mass is 10.1. The molecule has 1 unspecified atom stereocenters. The van der Waals surface area contributed by atoms with Crippen molar-refractivity contribution < 1.29 is 0 Å². The molecule has 0 aromatic rings. The average molecular weight is 171 g/mol. The lowest BCUT2D eigenvalue weighted by Gasteiger charge is -2.37. The van der Waals surface area contributed by atoms with Crippen LogP contribution < -0.4 is 5.32 Å². The van der Waals surface area contributed by atoms with Crippen LogP contribution in [0, 0.1) is 5.92 Å². The number of hydrogen-bond acceptors (Lipinski definition) is 1. The zero-order valence-electron chi connectivity index (χ0n) is 8.49. The van der Waals surface area contributed by atoms with Gasteiger partial charge in [0.1, 0.15) is 0 Å². The first-order valence-electron chi connectivity index (χ1n) is 4.60. The van der Waals surface area contributed by atoms with Gasteiger partial charge in [-0.05, 0) is 25.8 Å². The first-order chi connectivity index (χ1) is 4.85. The Labute approximate surface area is 71.6 Å². The first kappa shape index (κ1) is 9.27. The summed E-state index contributed by atoms with van der Waals surface area (Å²) in [5.41, 5.74) is 0. The quantitative estimate of drug-likeness (QED) is 0.597. The zero-order chi connectivity index (χ0) is 8.70. The second-order valence-corrected chi connectivity index (χ2v) is 10.9. The Hall–Kier alpha value is 0.177. The predicted molar refractivity (Wildman–Crippen MR) is 53.5 cm³/mol. The van der Waals surface area contributed by atoms with Crippen molar-refractivity contribution in [1.29, 1.82) is 0 Å². The number of nitrogens with one attached hydrogen (secondary N) is 1. The van der Waals surface area contributed by atoms with Crippen LogP contribution in [0.1, 0.15) is 20.3 Å². The minimum atomic E-state index is -1.00. The van der Waals surface area contributed by atoms with E-state index in [2.05, 4.69) is 38.8 Å². The summed E-state index contributed by atoms with van der Waals surface area (Å²) >= 11 is 0. The van der Waals surface area contributed by atoms with Gasteiger partial charge < -0.3 is 5.32 Å². The van der Waals surface area contributed by atoms with E-state index in [4.69, 9.17) is 0 Å². The Morgan fingerprint density at radius 3 is 2.09 bits per heavy atom. The highest BCUT2D eigenvalue weighted by atomic mass is 28.3. The maximum atomic E-state index is 3.68. The molecule has 0 aromatic heterocycles. The Kier molecular flexibility index (Phi) is 2.19. The molecular weight excluding hydrogens is 150 g/mol. The molecule has 2 heteroatoms. The molecule has 0 amide bonds. The van der Waals surface area contributed by atoms with Gasteiger partial charge in [-0.25, -0.2) is 0 Å². The van der Waals surface area contributed by atoms with Crippen LogP contribution in [0.25, 0.3) is 0 Å². The summed E-state index contributed by atoms with van der Waals surface area (Å²) in [6.07, 6.45) is 1.38. The fourth-order valence-electron chi connectivity index (χ4n) is 1.81. The van der Waals surface area contributed by atoms with E-state index in [9.17, 15) is 0 Å². The van der Waals surface area contributed by atoms with E-state index in [-0.39, 0.29) is 0 Å². The van der Waals surface area contributed by atoms with Gasteiger partial charge in [0.15, 0.2) is 0 Å². The summed E-state index contributed by atoms with van der Waals surface area (Å²) in [5.74, 6) is 0.881. The van der Waals surface area contributed by atoms with Crippen LogP contribution in [0.4, 0.5) is 0 Å². The van der Waals surface area contributed by atoms with Gasteiger partial charge >= 0.3 is 0 Å². The van der Waals surface area contributed by atoms with E-state index in [0.717, 1.165) is 5.92 Å². The molecule has 11 heavy (non-hydrogen) atoms. The summed E-state index contributed by atoms with van der Waals surface area (Å²) in [6.45, 7) is 13.3. The Bertz CT molecular complexity index is 150. The van der Waals surface area contributed by atoms with Crippen molar-refractivity contribution in [2.45, 2.75) is 45.1 Å². The van der Waals surface area contributed by atoms with E-state index >= 15 is 0 Å². The summed E-state index contributed by atoms with van der Waals surface area (Å²) < 4.78 is 0. The summed E-state index contributed by atoms with van der Waals surface area (Å²) in [5, 5.41) is 4.18. The topological polar surface area (TPSA) is 12.0 Å². The summed E-state index contributed by atoms with van der Waals surface area (Å²) in [7, 11) is -1.00. The maximum Gasteiger partial charge on any atom is 0.0671 e. The Balaban J connectivity index is 2.69. The normalized spacial score (nSPS) is 39.5. The number of hydrogen-bond donors (Lipinski definition) is 1. The molecule has 1 fully saturated rings. The monoisotopic (exact) mass is 171 g/mol. The molecule has 1 aliphatic heterocycles. The molecule has 1 saturated heterocycles. The van der Waals surface area contributed by atoms with E-state index < -0.39 is 8.07 Å². The molecule has 1 nitrogen and oxygen atoms in total. The Morgan fingerprint density at radius 1 is 1.36 bits per heavy atom. The fourth-order valence-corrected chi connectivity index (χ4v) is 3.41. The molecule has 1 N–H and O–H groups in total. The summed E-state index contributed by atoms with van der Waals surface area (Å²) in [4.78, 5) is 0. The van der Waals surface area contributed by atoms with Crippen molar-refractivity contribution >= 4 is 8.07 Å². The van der Waals surface area contributed by atoms with Crippen LogP contribution in [-0.4, -0.2) is 19.8 Å². The van der Waals surface area contributed by atoms with Crippen molar-refractivity contribution in [2.75, 3.05) is 6.54 Å². The number of rotatable bonds is 1. The maximum absolute atomic E-state index is 3.68. The van der Waals surface area contributed by atoms with Crippen molar-refractivity contribution in [3.63, 3.8) is 0 Å². The average Bonchev–Trinajstić information content (AvgIpc) is 2.10. The molecule has 2 atom stereocenters. The SMILES string of the molecule is CC1CN[C@@](C)([Si](C)(C)C)C1. The van der Waals surface area contributed by atoms with Crippen LogP contribution in [-0.2, 0) is 0 Å².